The van der Waals surface area contributed by atoms with E-state index in [0.717, 1.165) is 0 Å². The molecule has 0 amide bonds. The third-order valence-corrected chi connectivity index (χ3v) is 7.55. The van der Waals surface area contributed by atoms with Gasteiger partial charge in [-0.2, -0.15) is 0 Å². The number of nitrogens with zero attached hydrogens (tertiary/aromatic N) is 1. The molecule has 2 aliphatic heterocycles. The summed E-state index contributed by atoms with van der Waals surface area (Å²) in [4.78, 5) is 0. The summed E-state index contributed by atoms with van der Waals surface area (Å²) in [5, 5.41) is 0. The van der Waals surface area contributed by atoms with Gasteiger partial charge in [-0.1, -0.05) is 0 Å². The van der Waals surface area contributed by atoms with Crippen LogP contribution in [-0.2, 0) is 41.4 Å². The first kappa shape index (κ1) is 25.6. The molecule has 0 radical (unpaired) electrons. The van der Waals surface area contributed by atoms with Crippen molar-refractivity contribution in [1.82, 2.24) is 4.67 Å². The fourth-order valence-electron chi connectivity index (χ4n) is 3.39. The Labute approximate surface area is 175 Å². The summed E-state index contributed by atoms with van der Waals surface area (Å²) in [6.45, 7) is 4.24. The molecule has 0 aromatic carbocycles. The van der Waals surface area contributed by atoms with Crippen LogP contribution in [0.25, 0.3) is 0 Å². The Morgan fingerprint density at radius 1 is 1.00 bits per heavy atom. The topological polar surface area (TPSA) is 94.2 Å². The minimum atomic E-state index is -3.80. The van der Waals surface area contributed by atoms with Gasteiger partial charge in [-0.05, 0) is 27.9 Å². The van der Waals surface area contributed by atoms with Crippen molar-refractivity contribution >= 4 is 16.3 Å². The third kappa shape index (κ3) is 7.44. The number of phosphoric ester groups is 1. The second-order valence-corrected chi connectivity index (χ2v) is 11.0. The average molecular weight is 459 g/mol. The molecule has 10 nitrogen and oxygen atoms in total. The highest BCUT2D eigenvalue weighted by Gasteiger charge is 2.43. The lowest BCUT2D eigenvalue weighted by Gasteiger charge is -2.28. The predicted molar refractivity (Wildman–Crippen MR) is 108 cm³/mol. The van der Waals surface area contributed by atoms with Gasteiger partial charge in [0.1, 0.15) is 18.3 Å². The molecule has 2 fully saturated rings. The summed E-state index contributed by atoms with van der Waals surface area (Å²) in [7, 11) is 3.24. The Bertz CT molecular complexity index is 541. The molecule has 2 aliphatic rings. The predicted octanol–water partition coefficient (Wildman–Crippen LogP) is 2.96. The van der Waals surface area contributed by atoms with Gasteiger partial charge in [0.05, 0.1) is 31.5 Å². The van der Waals surface area contributed by atoms with Crippen LogP contribution < -0.4 is 0 Å². The molecule has 0 spiro atoms. The van der Waals surface area contributed by atoms with Crippen molar-refractivity contribution in [2.24, 2.45) is 0 Å². The smallest absolute Gasteiger partial charge is 0.382 e. The number of phosphoric acid groups is 1. The first-order valence-electron chi connectivity index (χ1n) is 9.68. The largest absolute Gasteiger partial charge is 0.474 e. The van der Waals surface area contributed by atoms with Crippen LogP contribution in [0.5, 0.6) is 0 Å². The van der Waals surface area contributed by atoms with Crippen LogP contribution in [0.1, 0.15) is 26.7 Å². The summed E-state index contributed by atoms with van der Waals surface area (Å²) >= 11 is 0. The lowest BCUT2D eigenvalue weighted by Crippen LogP contribution is -2.31. The molecule has 0 N–H and O–H groups in total. The minimum absolute atomic E-state index is 0.0116. The lowest BCUT2D eigenvalue weighted by atomic mass is 10.1. The van der Waals surface area contributed by atoms with Crippen molar-refractivity contribution in [3.63, 3.8) is 0 Å². The molecule has 2 saturated heterocycles. The first-order chi connectivity index (χ1) is 13.7. The van der Waals surface area contributed by atoms with Gasteiger partial charge in [0.15, 0.2) is 0 Å². The maximum atomic E-state index is 13.0. The molecular formula is C17H35NO9P2. The maximum absolute atomic E-state index is 13.0. The maximum Gasteiger partial charge on any atom is 0.474 e. The third-order valence-electron chi connectivity index (χ3n) is 4.70. The van der Waals surface area contributed by atoms with Crippen molar-refractivity contribution in [2.75, 3.05) is 48.6 Å². The van der Waals surface area contributed by atoms with E-state index < -0.39 is 28.6 Å². The Hall–Kier alpha value is 0.300. The molecule has 0 saturated carbocycles. The van der Waals surface area contributed by atoms with E-state index in [1.54, 1.807) is 14.2 Å². The number of hydrogen-bond acceptors (Lipinski definition) is 10. The lowest BCUT2D eigenvalue weighted by molar-refractivity contribution is -0.0409. The summed E-state index contributed by atoms with van der Waals surface area (Å²) in [6, 6.07) is 0. The van der Waals surface area contributed by atoms with Gasteiger partial charge in [-0.3, -0.25) is 13.6 Å². The molecule has 29 heavy (non-hydrogen) atoms. The van der Waals surface area contributed by atoms with E-state index in [1.807, 2.05) is 32.6 Å². The van der Waals surface area contributed by atoms with E-state index in [9.17, 15) is 4.57 Å². The van der Waals surface area contributed by atoms with Gasteiger partial charge < -0.3 is 23.3 Å². The average Bonchev–Trinajstić information content (AvgIpc) is 3.19. The molecule has 2 rings (SSSR count). The Kier molecular flexibility index (Phi) is 10.4. The van der Waals surface area contributed by atoms with E-state index in [-0.39, 0.29) is 31.0 Å². The second kappa shape index (κ2) is 11.8. The molecule has 12 heteroatoms. The van der Waals surface area contributed by atoms with Gasteiger partial charge in [0.2, 0.25) is 0 Å². The molecule has 0 aromatic rings. The first-order valence-corrected chi connectivity index (χ1v) is 12.3. The highest BCUT2D eigenvalue weighted by atomic mass is 31.2. The number of rotatable bonds is 12. The van der Waals surface area contributed by atoms with E-state index in [2.05, 4.69) is 0 Å². The van der Waals surface area contributed by atoms with E-state index in [0.29, 0.717) is 19.4 Å². The number of hydrogen-bond donors (Lipinski definition) is 0. The van der Waals surface area contributed by atoms with E-state index in [1.165, 1.54) is 7.11 Å². The Morgan fingerprint density at radius 2 is 1.59 bits per heavy atom. The van der Waals surface area contributed by atoms with Crippen molar-refractivity contribution < 1.29 is 41.4 Å². The quantitative estimate of drug-likeness (QED) is 0.406. The molecular weight excluding hydrogens is 424 g/mol. The molecule has 8 atom stereocenters. The van der Waals surface area contributed by atoms with Gasteiger partial charge in [0, 0.05) is 34.2 Å². The molecule has 2 heterocycles. The molecule has 0 bridgehead atoms. The summed E-state index contributed by atoms with van der Waals surface area (Å²) in [5.41, 5.74) is 0. The van der Waals surface area contributed by atoms with Crippen molar-refractivity contribution in [3.05, 3.63) is 0 Å². The van der Waals surface area contributed by atoms with Gasteiger partial charge in [-0.25, -0.2) is 9.24 Å². The van der Waals surface area contributed by atoms with E-state index in [4.69, 9.17) is 36.8 Å². The summed E-state index contributed by atoms with van der Waals surface area (Å²) in [6.07, 6.45) is -0.206. The highest BCUT2D eigenvalue weighted by Crippen LogP contribution is 2.52. The van der Waals surface area contributed by atoms with Crippen LogP contribution in [0.3, 0.4) is 0 Å². The fourth-order valence-corrected chi connectivity index (χ4v) is 5.58. The Balaban J connectivity index is 1.96. The minimum Gasteiger partial charge on any atom is -0.382 e. The monoisotopic (exact) mass is 459 g/mol. The number of ether oxygens (including phenoxy) is 3. The number of methoxy groups -OCH3 is 1. The van der Waals surface area contributed by atoms with Gasteiger partial charge in [-0.15, -0.1) is 0 Å². The normalized spacial score (nSPS) is 35.9. The van der Waals surface area contributed by atoms with E-state index >= 15 is 0 Å². The van der Waals surface area contributed by atoms with Crippen LogP contribution >= 0.6 is 16.3 Å². The summed E-state index contributed by atoms with van der Waals surface area (Å²) in [5.74, 6) is 0. The standard InChI is InChI=1S/C17H35NO9P2/c1-12-8-14(26-28(21-6)18(3)4)17(25-12)11-23-29(19,22-7)27-15-9-13(2)24-16(15)10-20-5/h12-17H,8-11H2,1-7H3/t12-,13-,14?,15?,16+,17+,28?,29?/m0/s1. The Morgan fingerprint density at radius 3 is 2.10 bits per heavy atom. The van der Waals surface area contributed by atoms with Crippen molar-refractivity contribution in [3.8, 4) is 0 Å². The van der Waals surface area contributed by atoms with Crippen LogP contribution in [0.4, 0.5) is 0 Å². The molecule has 4 unspecified atom stereocenters. The van der Waals surface area contributed by atoms with Gasteiger partial charge >= 0.3 is 7.82 Å². The van der Waals surface area contributed by atoms with Crippen LogP contribution in [-0.4, -0.2) is 89.9 Å². The molecule has 172 valence electrons. The van der Waals surface area contributed by atoms with Crippen molar-refractivity contribution in [2.45, 2.75) is 63.3 Å². The van der Waals surface area contributed by atoms with Crippen LogP contribution in [0.2, 0.25) is 0 Å². The fraction of sp³-hybridized carbons (Fsp3) is 1.00. The zero-order chi connectivity index (χ0) is 21.6. The second-order valence-electron chi connectivity index (χ2n) is 7.38. The van der Waals surface area contributed by atoms with Crippen LogP contribution in [0.15, 0.2) is 0 Å². The highest BCUT2D eigenvalue weighted by molar-refractivity contribution is 7.48. The zero-order valence-electron chi connectivity index (χ0n) is 18.3. The van der Waals surface area contributed by atoms with Crippen molar-refractivity contribution in [1.29, 1.82) is 0 Å². The molecule has 0 aliphatic carbocycles. The zero-order valence-corrected chi connectivity index (χ0v) is 20.1. The molecule has 0 aromatic heterocycles. The summed E-state index contributed by atoms with van der Waals surface area (Å²) < 4.78 is 59.6. The SMILES string of the molecule is COC[C@H]1O[C@@H](C)CC1OP(=O)(OC)OC[C@H]1O[C@@H](C)CC1OP(OC)N(C)C. The van der Waals surface area contributed by atoms with Gasteiger partial charge in [0.25, 0.3) is 8.53 Å². The van der Waals surface area contributed by atoms with Crippen LogP contribution in [0, 0.1) is 0 Å².